The lowest BCUT2D eigenvalue weighted by Gasteiger charge is -2.20. The standard InChI is InChI=1S/C24H30O/c1-19(16-17-25)8-7-11-23(24(2,3)4)15-13-20-12-14-21-9-5-6-10-22(21)18-20/h7-8,11-18H,5-6,9-10H2,1-4H3. The SMILES string of the molecule is CC(C=CC=C(C=Cc1ccc2c(c1)CCCC2)C(C)(C)C)=CC=O. The number of benzene rings is 1. The smallest absolute Gasteiger partial charge is 0.143 e. The van der Waals surface area contributed by atoms with Crippen molar-refractivity contribution < 1.29 is 4.79 Å². The van der Waals surface area contributed by atoms with Crippen molar-refractivity contribution in [3.63, 3.8) is 0 Å². The maximum absolute atomic E-state index is 10.5. The van der Waals surface area contributed by atoms with E-state index < -0.39 is 0 Å². The molecule has 2 rings (SSSR count). The van der Waals surface area contributed by atoms with Crippen LogP contribution in [0.5, 0.6) is 0 Å². The van der Waals surface area contributed by atoms with Crippen LogP contribution in [-0.4, -0.2) is 6.29 Å². The van der Waals surface area contributed by atoms with E-state index in [1.165, 1.54) is 47.9 Å². The van der Waals surface area contributed by atoms with Crippen LogP contribution in [-0.2, 0) is 17.6 Å². The molecule has 0 heterocycles. The van der Waals surface area contributed by atoms with Crippen LogP contribution in [0.2, 0.25) is 0 Å². The van der Waals surface area contributed by atoms with Crippen LogP contribution in [0.15, 0.2) is 59.7 Å². The number of hydrogen-bond donors (Lipinski definition) is 0. The lowest BCUT2D eigenvalue weighted by Crippen LogP contribution is -2.07. The number of hydrogen-bond acceptors (Lipinski definition) is 1. The largest absolute Gasteiger partial charge is 0.299 e. The normalized spacial score (nSPS) is 16.5. The maximum Gasteiger partial charge on any atom is 0.143 e. The third-order valence-corrected chi connectivity index (χ3v) is 4.66. The van der Waals surface area contributed by atoms with E-state index in [0.29, 0.717) is 0 Å². The minimum absolute atomic E-state index is 0.0668. The Morgan fingerprint density at radius 2 is 1.72 bits per heavy atom. The van der Waals surface area contributed by atoms with E-state index >= 15 is 0 Å². The number of aryl methyl sites for hydroxylation is 2. The van der Waals surface area contributed by atoms with Crippen LogP contribution in [0, 0.1) is 5.41 Å². The molecule has 0 saturated carbocycles. The van der Waals surface area contributed by atoms with Crippen molar-refractivity contribution in [2.75, 3.05) is 0 Å². The number of carbonyl (C=O) groups is 1. The van der Waals surface area contributed by atoms with Gasteiger partial charge in [0.2, 0.25) is 0 Å². The highest BCUT2D eigenvalue weighted by Crippen LogP contribution is 2.28. The summed E-state index contributed by atoms with van der Waals surface area (Å²) >= 11 is 0. The van der Waals surface area contributed by atoms with Crippen LogP contribution in [0.25, 0.3) is 6.08 Å². The second-order valence-electron chi connectivity index (χ2n) is 7.85. The first-order valence-electron chi connectivity index (χ1n) is 9.21. The van der Waals surface area contributed by atoms with Gasteiger partial charge in [-0.2, -0.15) is 0 Å². The van der Waals surface area contributed by atoms with Crippen LogP contribution in [0.4, 0.5) is 0 Å². The van der Waals surface area contributed by atoms with Crippen LogP contribution >= 0.6 is 0 Å². The molecule has 0 aliphatic heterocycles. The highest BCUT2D eigenvalue weighted by Gasteiger charge is 2.14. The Balaban J connectivity index is 2.20. The van der Waals surface area contributed by atoms with Crippen molar-refractivity contribution in [3.8, 4) is 0 Å². The molecule has 1 heteroatoms. The van der Waals surface area contributed by atoms with Crippen LogP contribution in [0.1, 0.15) is 57.2 Å². The Labute approximate surface area is 152 Å². The van der Waals surface area contributed by atoms with E-state index in [9.17, 15) is 4.79 Å². The summed E-state index contributed by atoms with van der Waals surface area (Å²) in [6.45, 7) is 8.59. The van der Waals surface area contributed by atoms with Gasteiger partial charge in [-0.3, -0.25) is 4.79 Å². The fourth-order valence-electron chi connectivity index (χ4n) is 3.07. The number of aldehydes is 1. The summed E-state index contributed by atoms with van der Waals surface area (Å²) in [6.07, 6.45) is 18.0. The zero-order valence-electron chi connectivity index (χ0n) is 16.0. The number of carbonyl (C=O) groups excluding carboxylic acids is 1. The van der Waals surface area contributed by atoms with Crippen molar-refractivity contribution in [2.45, 2.75) is 53.4 Å². The molecule has 25 heavy (non-hydrogen) atoms. The molecule has 1 aromatic carbocycles. The summed E-state index contributed by atoms with van der Waals surface area (Å²) in [5.74, 6) is 0. The van der Waals surface area contributed by atoms with Crippen LogP contribution in [0.3, 0.4) is 0 Å². The molecule has 0 fully saturated rings. The molecule has 0 spiro atoms. The molecule has 0 unspecified atom stereocenters. The number of allylic oxidation sites excluding steroid dienone is 7. The van der Waals surface area contributed by atoms with Gasteiger partial charge in [0.25, 0.3) is 0 Å². The third kappa shape index (κ3) is 6.01. The first-order valence-corrected chi connectivity index (χ1v) is 9.21. The summed E-state index contributed by atoms with van der Waals surface area (Å²) in [7, 11) is 0. The maximum atomic E-state index is 10.5. The van der Waals surface area contributed by atoms with Gasteiger partial charge in [-0.05, 0) is 71.9 Å². The molecule has 1 aliphatic carbocycles. The summed E-state index contributed by atoms with van der Waals surface area (Å²) in [5.41, 5.74) is 6.60. The Hall–Kier alpha value is -2.15. The van der Waals surface area contributed by atoms with E-state index in [-0.39, 0.29) is 5.41 Å². The lowest BCUT2D eigenvalue weighted by molar-refractivity contribution is -0.104. The first-order chi connectivity index (χ1) is 11.9. The Morgan fingerprint density at radius 3 is 2.40 bits per heavy atom. The second-order valence-corrected chi connectivity index (χ2v) is 7.85. The predicted octanol–water partition coefficient (Wildman–Crippen LogP) is 6.25. The van der Waals surface area contributed by atoms with Crippen LogP contribution < -0.4 is 0 Å². The summed E-state index contributed by atoms with van der Waals surface area (Å²) < 4.78 is 0. The van der Waals surface area contributed by atoms with Crippen molar-refractivity contribution in [2.24, 2.45) is 5.41 Å². The monoisotopic (exact) mass is 334 g/mol. The minimum atomic E-state index is 0.0668. The molecular weight excluding hydrogens is 304 g/mol. The third-order valence-electron chi connectivity index (χ3n) is 4.66. The molecule has 0 bridgehead atoms. The summed E-state index contributed by atoms with van der Waals surface area (Å²) in [6, 6.07) is 6.87. The average Bonchev–Trinajstić information content (AvgIpc) is 2.57. The molecule has 0 amide bonds. The Bertz CT molecular complexity index is 721. The van der Waals surface area contributed by atoms with Gasteiger partial charge < -0.3 is 0 Å². The van der Waals surface area contributed by atoms with Crippen molar-refractivity contribution >= 4 is 12.4 Å². The molecule has 1 aromatic rings. The van der Waals surface area contributed by atoms with E-state index in [2.05, 4.69) is 57.2 Å². The molecule has 1 nitrogen and oxygen atoms in total. The topological polar surface area (TPSA) is 17.1 Å². The molecule has 132 valence electrons. The van der Waals surface area contributed by atoms with Gasteiger partial charge in [0.05, 0.1) is 0 Å². The molecule has 0 saturated heterocycles. The molecule has 0 N–H and O–H groups in total. The van der Waals surface area contributed by atoms with E-state index in [1.54, 1.807) is 6.08 Å². The van der Waals surface area contributed by atoms with Gasteiger partial charge in [-0.15, -0.1) is 0 Å². The molecule has 0 aromatic heterocycles. The highest BCUT2D eigenvalue weighted by atomic mass is 16.1. The fourth-order valence-corrected chi connectivity index (χ4v) is 3.07. The van der Waals surface area contributed by atoms with Gasteiger partial charge in [0.15, 0.2) is 0 Å². The molecule has 1 aliphatic rings. The quantitative estimate of drug-likeness (QED) is 0.353. The lowest BCUT2D eigenvalue weighted by atomic mass is 9.85. The second kappa shape index (κ2) is 8.80. The Kier molecular flexibility index (Phi) is 6.75. The first kappa shape index (κ1) is 19.2. The number of fused-ring (bicyclic) bond motifs is 1. The summed E-state index contributed by atoms with van der Waals surface area (Å²) in [5, 5.41) is 0. The molecule has 0 radical (unpaired) electrons. The van der Waals surface area contributed by atoms with E-state index in [0.717, 1.165) is 11.9 Å². The van der Waals surface area contributed by atoms with Crippen molar-refractivity contribution in [1.82, 2.24) is 0 Å². The zero-order chi connectivity index (χ0) is 18.3. The fraction of sp³-hybridized carbons (Fsp3) is 0.375. The molecular formula is C24H30O. The summed E-state index contributed by atoms with van der Waals surface area (Å²) in [4.78, 5) is 10.5. The Morgan fingerprint density at radius 1 is 1.00 bits per heavy atom. The number of rotatable bonds is 5. The minimum Gasteiger partial charge on any atom is -0.299 e. The average molecular weight is 335 g/mol. The van der Waals surface area contributed by atoms with Gasteiger partial charge in [-0.25, -0.2) is 0 Å². The molecule has 0 atom stereocenters. The zero-order valence-corrected chi connectivity index (χ0v) is 16.0. The predicted molar refractivity (Wildman–Crippen MR) is 109 cm³/mol. The van der Waals surface area contributed by atoms with Gasteiger partial charge >= 0.3 is 0 Å². The highest BCUT2D eigenvalue weighted by molar-refractivity contribution is 5.67. The van der Waals surface area contributed by atoms with E-state index in [4.69, 9.17) is 0 Å². The van der Waals surface area contributed by atoms with Gasteiger partial charge in [0.1, 0.15) is 6.29 Å². The van der Waals surface area contributed by atoms with Crippen molar-refractivity contribution in [1.29, 1.82) is 0 Å². The van der Waals surface area contributed by atoms with E-state index in [1.807, 2.05) is 19.1 Å². The van der Waals surface area contributed by atoms with Crippen molar-refractivity contribution in [3.05, 3.63) is 76.4 Å². The van der Waals surface area contributed by atoms with Gasteiger partial charge in [0, 0.05) is 0 Å². The van der Waals surface area contributed by atoms with Gasteiger partial charge in [-0.1, -0.05) is 69.4 Å².